The normalized spacial score (nSPS) is 20.1. The molecule has 1 fully saturated rings. The summed E-state index contributed by atoms with van der Waals surface area (Å²) in [7, 11) is -0.835. The SMILES string of the molecule is Cc1c(B2OC(C)(C)C(C)(C)O2)sc2c1c(=O)[nH]c(=O)n2C[C@@H](O)C(F)(F)F. The Balaban J connectivity index is 2.16. The third-order valence-corrected chi connectivity index (χ3v) is 6.64. The topological polar surface area (TPSA) is 93.5 Å². The third kappa shape index (κ3) is 3.32. The maximum Gasteiger partial charge on any atom is 0.505 e. The number of aromatic amines is 1. The molecule has 0 aromatic carbocycles. The van der Waals surface area contributed by atoms with Crippen LogP contribution in [0.2, 0.25) is 0 Å². The van der Waals surface area contributed by atoms with Gasteiger partial charge in [0.05, 0.1) is 23.1 Å². The second-order valence-corrected chi connectivity index (χ2v) is 8.82. The molecule has 1 aliphatic heterocycles. The Morgan fingerprint density at radius 2 is 1.75 bits per heavy atom. The van der Waals surface area contributed by atoms with Crippen molar-refractivity contribution in [3.63, 3.8) is 0 Å². The minimum Gasteiger partial charge on any atom is -0.399 e. The minimum absolute atomic E-state index is 0.0271. The van der Waals surface area contributed by atoms with E-state index >= 15 is 0 Å². The second-order valence-electron chi connectivity index (χ2n) is 7.79. The number of aliphatic hydroxyl groups is 1. The van der Waals surface area contributed by atoms with Crippen molar-refractivity contribution in [1.29, 1.82) is 0 Å². The predicted octanol–water partition coefficient (Wildman–Crippen LogP) is 1.28. The van der Waals surface area contributed by atoms with Gasteiger partial charge in [-0.1, -0.05) is 0 Å². The fourth-order valence-corrected chi connectivity index (χ4v) is 4.18. The summed E-state index contributed by atoms with van der Waals surface area (Å²) in [5.74, 6) is 0. The van der Waals surface area contributed by atoms with Gasteiger partial charge in [-0.15, -0.1) is 11.3 Å². The molecule has 7 nitrogen and oxygen atoms in total. The van der Waals surface area contributed by atoms with Crippen molar-refractivity contribution >= 4 is 33.4 Å². The monoisotopic (exact) mass is 420 g/mol. The van der Waals surface area contributed by atoms with Crippen molar-refractivity contribution in [2.24, 2.45) is 0 Å². The van der Waals surface area contributed by atoms with Gasteiger partial charge in [-0.3, -0.25) is 14.3 Å². The summed E-state index contributed by atoms with van der Waals surface area (Å²) < 4.78 is 51.5. The number of aromatic nitrogens is 2. The van der Waals surface area contributed by atoms with Gasteiger partial charge in [0.2, 0.25) is 0 Å². The lowest BCUT2D eigenvalue weighted by atomic mass is 9.84. The minimum atomic E-state index is -4.90. The fraction of sp³-hybridized carbons (Fsp3) is 0.625. The Hall–Kier alpha value is -1.63. The van der Waals surface area contributed by atoms with Crippen LogP contribution in [0, 0.1) is 6.92 Å². The first-order chi connectivity index (χ1) is 12.7. The number of alkyl halides is 3. The van der Waals surface area contributed by atoms with Crippen LogP contribution in [0.5, 0.6) is 0 Å². The van der Waals surface area contributed by atoms with Crippen LogP contribution in [0.1, 0.15) is 33.3 Å². The average Bonchev–Trinajstić information content (AvgIpc) is 2.96. The van der Waals surface area contributed by atoms with Crippen LogP contribution in [0.4, 0.5) is 13.2 Å². The summed E-state index contributed by atoms with van der Waals surface area (Å²) >= 11 is 0.945. The van der Waals surface area contributed by atoms with Gasteiger partial charge in [0.15, 0.2) is 6.10 Å². The molecule has 3 rings (SSSR count). The van der Waals surface area contributed by atoms with E-state index in [4.69, 9.17) is 9.31 Å². The number of aryl methyl sites for hydroxylation is 1. The Bertz CT molecular complexity index is 1020. The van der Waals surface area contributed by atoms with Crippen LogP contribution < -0.4 is 16.0 Å². The zero-order chi connectivity index (χ0) is 21.2. The van der Waals surface area contributed by atoms with E-state index < -0.39 is 48.4 Å². The number of H-pyrrole nitrogens is 1. The lowest BCUT2D eigenvalue weighted by molar-refractivity contribution is -0.207. The number of fused-ring (bicyclic) bond motifs is 1. The van der Waals surface area contributed by atoms with Crippen molar-refractivity contribution < 1.29 is 27.6 Å². The standard InChI is InChI=1S/C16H20BF3N2O5S/c1-7-9-11(24)21-13(25)22(6-8(23)16(18,19)20)12(9)28-10(7)17-26-14(2,3)15(4,5)27-17/h8,23H,6H2,1-5H3,(H,21,24,25)/t8-/m1/s1. The molecule has 2 N–H and O–H groups in total. The molecular formula is C16H20BF3N2O5S. The van der Waals surface area contributed by atoms with Gasteiger partial charge in [0.25, 0.3) is 5.56 Å². The Morgan fingerprint density at radius 1 is 1.21 bits per heavy atom. The molecule has 12 heteroatoms. The predicted molar refractivity (Wildman–Crippen MR) is 99.2 cm³/mol. The maximum atomic E-state index is 12.8. The smallest absolute Gasteiger partial charge is 0.399 e. The number of aliphatic hydroxyl groups excluding tert-OH is 1. The molecule has 0 saturated carbocycles. The number of nitrogens with zero attached hydrogens (tertiary/aromatic N) is 1. The summed E-state index contributed by atoms with van der Waals surface area (Å²) in [6.07, 6.45) is -7.65. The third-order valence-electron chi connectivity index (χ3n) is 5.30. The van der Waals surface area contributed by atoms with Gasteiger partial charge in [0.1, 0.15) is 4.83 Å². The maximum absolute atomic E-state index is 12.8. The highest BCUT2D eigenvalue weighted by Crippen LogP contribution is 2.38. The molecule has 0 spiro atoms. The van der Waals surface area contributed by atoms with E-state index in [0.29, 0.717) is 10.3 Å². The van der Waals surface area contributed by atoms with Gasteiger partial charge in [-0.25, -0.2) is 4.79 Å². The van der Waals surface area contributed by atoms with E-state index in [9.17, 15) is 27.9 Å². The molecule has 3 heterocycles. The van der Waals surface area contributed by atoms with Crippen molar-refractivity contribution in [2.45, 2.75) is 64.6 Å². The first kappa shape index (κ1) is 21.1. The Morgan fingerprint density at radius 3 is 2.25 bits per heavy atom. The zero-order valence-corrected chi connectivity index (χ0v) is 16.7. The first-order valence-corrected chi connectivity index (χ1v) is 9.34. The molecule has 0 unspecified atom stereocenters. The Kier molecular flexibility index (Phi) is 4.85. The van der Waals surface area contributed by atoms with Gasteiger partial charge >= 0.3 is 19.0 Å². The summed E-state index contributed by atoms with van der Waals surface area (Å²) in [5, 5.41) is 9.47. The quantitative estimate of drug-likeness (QED) is 0.730. The number of hydrogen-bond donors (Lipinski definition) is 2. The molecule has 0 amide bonds. The van der Waals surface area contributed by atoms with Gasteiger partial charge in [-0.05, 0) is 40.2 Å². The van der Waals surface area contributed by atoms with Gasteiger partial charge in [-0.2, -0.15) is 13.2 Å². The summed E-state index contributed by atoms with van der Waals surface area (Å²) in [5.41, 5.74) is -2.59. The van der Waals surface area contributed by atoms with E-state index in [-0.39, 0.29) is 10.2 Å². The first-order valence-electron chi connectivity index (χ1n) is 8.52. The molecular weight excluding hydrogens is 400 g/mol. The van der Waals surface area contributed by atoms with Crippen molar-refractivity contribution in [1.82, 2.24) is 9.55 Å². The van der Waals surface area contributed by atoms with E-state index in [1.165, 1.54) is 0 Å². The van der Waals surface area contributed by atoms with Crippen LogP contribution in [0.15, 0.2) is 9.59 Å². The molecule has 0 radical (unpaired) electrons. The number of rotatable bonds is 3. The lowest BCUT2D eigenvalue weighted by Crippen LogP contribution is -2.41. The van der Waals surface area contributed by atoms with Crippen LogP contribution in [-0.4, -0.2) is 45.3 Å². The van der Waals surface area contributed by atoms with Crippen molar-refractivity contribution in [3.8, 4) is 0 Å². The highest BCUT2D eigenvalue weighted by molar-refractivity contribution is 7.28. The van der Waals surface area contributed by atoms with Crippen molar-refractivity contribution in [2.75, 3.05) is 0 Å². The van der Waals surface area contributed by atoms with Crippen LogP contribution >= 0.6 is 11.3 Å². The number of hydrogen-bond acceptors (Lipinski definition) is 6. The largest absolute Gasteiger partial charge is 0.505 e. The van der Waals surface area contributed by atoms with Gasteiger partial charge in [0, 0.05) is 4.78 Å². The molecule has 1 aliphatic rings. The molecule has 0 bridgehead atoms. The summed E-state index contributed by atoms with van der Waals surface area (Å²) in [6.45, 7) is 7.97. The van der Waals surface area contributed by atoms with Crippen molar-refractivity contribution in [3.05, 3.63) is 26.4 Å². The summed E-state index contributed by atoms with van der Waals surface area (Å²) in [6, 6.07) is 0. The number of nitrogens with one attached hydrogen (secondary N) is 1. The molecule has 1 atom stereocenters. The highest BCUT2D eigenvalue weighted by atomic mass is 32.1. The van der Waals surface area contributed by atoms with E-state index in [0.717, 1.165) is 15.9 Å². The Labute approximate surface area is 162 Å². The molecule has 1 saturated heterocycles. The van der Waals surface area contributed by atoms with E-state index in [1.807, 2.05) is 32.7 Å². The van der Waals surface area contributed by atoms with Crippen LogP contribution in [-0.2, 0) is 15.9 Å². The average molecular weight is 420 g/mol. The fourth-order valence-electron chi connectivity index (χ4n) is 2.91. The second kappa shape index (κ2) is 6.44. The van der Waals surface area contributed by atoms with Crippen LogP contribution in [0.3, 0.4) is 0 Å². The highest BCUT2D eigenvalue weighted by Gasteiger charge is 2.53. The van der Waals surface area contributed by atoms with Gasteiger partial charge < -0.3 is 14.4 Å². The molecule has 2 aromatic heterocycles. The molecule has 0 aliphatic carbocycles. The zero-order valence-electron chi connectivity index (χ0n) is 15.9. The number of halogens is 3. The van der Waals surface area contributed by atoms with Crippen LogP contribution in [0.25, 0.3) is 10.2 Å². The molecule has 154 valence electrons. The summed E-state index contributed by atoms with van der Waals surface area (Å²) in [4.78, 5) is 26.5. The molecule has 28 heavy (non-hydrogen) atoms. The molecule has 2 aromatic rings. The number of thiophene rings is 1. The van der Waals surface area contributed by atoms with E-state index in [2.05, 4.69) is 0 Å². The van der Waals surface area contributed by atoms with E-state index in [1.54, 1.807) is 6.92 Å². The lowest BCUT2D eigenvalue weighted by Gasteiger charge is -2.32.